The van der Waals surface area contributed by atoms with Crippen LogP contribution in [0.25, 0.3) is 22.0 Å². The lowest BCUT2D eigenvalue weighted by atomic mass is 10.0. The van der Waals surface area contributed by atoms with Crippen molar-refractivity contribution in [2.24, 2.45) is 0 Å². The van der Waals surface area contributed by atoms with Gasteiger partial charge in [-0.15, -0.1) is 23.1 Å². The van der Waals surface area contributed by atoms with Gasteiger partial charge in [0.2, 0.25) is 0 Å². The van der Waals surface area contributed by atoms with Gasteiger partial charge in [-0.25, -0.2) is 9.97 Å². The number of imidazole rings is 1. The largest absolute Gasteiger partial charge is 0.341 e. The van der Waals surface area contributed by atoms with Crippen molar-refractivity contribution in [1.29, 1.82) is 0 Å². The fourth-order valence-electron chi connectivity index (χ4n) is 4.65. The van der Waals surface area contributed by atoms with E-state index in [2.05, 4.69) is 62.5 Å². The number of pyridine rings is 1. The average molecular weight is 570 g/mol. The molecule has 5 aromatic rings. The predicted octanol–water partition coefficient (Wildman–Crippen LogP) is 7.50. The second kappa shape index (κ2) is 13.5. The molecular weight excluding hydrogens is 539 g/mol. The number of aromatic nitrogens is 4. The molecule has 0 aliphatic rings. The van der Waals surface area contributed by atoms with Crippen molar-refractivity contribution in [2.45, 2.75) is 50.1 Å². The molecule has 0 aliphatic heterocycles. The molecule has 2 aromatic carbocycles. The third kappa shape index (κ3) is 6.84. The number of rotatable bonds is 13. The summed E-state index contributed by atoms with van der Waals surface area (Å²) in [6.07, 6.45) is 8.80. The number of amides is 1. The van der Waals surface area contributed by atoms with Gasteiger partial charge in [-0.05, 0) is 47.6 Å². The van der Waals surface area contributed by atoms with Gasteiger partial charge < -0.3 is 10.3 Å². The van der Waals surface area contributed by atoms with Crippen molar-refractivity contribution in [1.82, 2.24) is 25.3 Å². The summed E-state index contributed by atoms with van der Waals surface area (Å²) in [5.41, 5.74) is 4.30. The quantitative estimate of drug-likeness (QED) is 0.0865. The predicted molar refractivity (Wildman–Crippen MR) is 162 cm³/mol. The summed E-state index contributed by atoms with van der Waals surface area (Å²) < 4.78 is 0. The van der Waals surface area contributed by atoms with Crippen molar-refractivity contribution in [2.75, 3.05) is 5.75 Å². The SMILES string of the molecule is CCSc1ncccc1C(=O)CCCCC[C@H](NC(=O)c1cncs1)c1ncc(-c2ccc3ccccc3c2)[nH]1. The molecule has 1 atom stereocenters. The van der Waals surface area contributed by atoms with Crippen LogP contribution < -0.4 is 5.32 Å². The minimum Gasteiger partial charge on any atom is -0.341 e. The number of carbonyl (C=O) groups excluding carboxylic acids is 2. The van der Waals surface area contributed by atoms with Gasteiger partial charge in [0, 0.05) is 23.7 Å². The number of unbranched alkanes of at least 4 members (excludes halogenated alkanes) is 2. The van der Waals surface area contributed by atoms with E-state index in [4.69, 9.17) is 0 Å². The number of thiazole rings is 1. The van der Waals surface area contributed by atoms with Crippen LogP contribution >= 0.6 is 23.1 Å². The minimum atomic E-state index is -0.287. The first kappa shape index (κ1) is 27.7. The third-order valence-electron chi connectivity index (χ3n) is 6.70. The first-order valence-corrected chi connectivity index (χ1v) is 15.3. The van der Waals surface area contributed by atoms with Crippen LogP contribution in [0.15, 0.2) is 83.7 Å². The lowest BCUT2D eigenvalue weighted by Crippen LogP contribution is -2.28. The zero-order valence-electron chi connectivity index (χ0n) is 22.3. The topological polar surface area (TPSA) is 101 Å². The van der Waals surface area contributed by atoms with E-state index in [1.807, 2.05) is 30.5 Å². The summed E-state index contributed by atoms with van der Waals surface area (Å²) in [6.45, 7) is 2.06. The molecule has 1 amide bonds. The number of nitrogens with one attached hydrogen (secondary N) is 2. The summed E-state index contributed by atoms with van der Waals surface area (Å²) >= 11 is 2.91. The molecule has 0 spiro atoms. The van der Waals surface area contributed by atoms with Gasteiger partial charge in [-0.3, -0.25) is 14.6 Å². The monoisotopic (exact) mass is 569 g/mol. The highest BCUT2D eigenvalue weighted by molar-refractivity contribution is 7.99. The molecule has 3 aromatic heterocycles. The molecule has 9 heteroatoms. The molecule has 5 rings (SSSR count). The second-order valence-corrected chi connectivity index (χ2v) is 11.6. The van der Waals surface area contributed by atoms with E-state index in [9.17, 15) is 9.59 Å². The smallest absolute Gasteiger partial charge is 0.263 e. The Balaban J connectivity index is 1.23. The number of benzene rings is 2. The molecular formula is C31H31N5O2S2. The van der Waals surface area contributed by atoms with Crippen LogP contribution in [-0.2, 0) is 0 Å². The molecule has 0 bridgehead atoms. The fourth-order valence-corrected chi connectivity index (χ4v) is 5.92. The maximum absolute atomic E-state index is 12.9. The van der Waals surface area contributed by atoms with Gasteiger partial charge in [0.25, 0.3) is 5.91 Å². The standard InChI is InChI=1S/C31H31N5O2S2/c1-2-39-31-24(11-8-16-33-31)27(37)13-5-3-4-12-25(36-30(38)28-19-32-20-40-28)29-34-18-26(35-29)23-15-14-21-9-6-7-10-22(21)17-23/h6-11,14-20,25H,2-5,12-13H2,1H3,(H,34,35)(H,36,38)/t25-/m0/s1. The summed E-state index contributed by atoms with van der Waals surface area (Å²) in [6, 6.07) is 18.0. The minimum absolute atomic E-state index is 0.130. The molecule has 0 unspecified atom stereocenters. The Kier molecular flexibility index (Phi) is 9.36. The Bertz CT molecular complexity index is 1580. The average Bonchev–Trinajstić information content (AvgIpc) is 3.70. The Morgan fingerprint density at radius 2 is 1.88 bits per heavy atom. The van der Waals surface area contributed by atoms with Crippen LogP contribution in [0, 0.1) is 0 Å². The molecule has 3 heterocycles. The highest BCUT2D eigenvalue weighted by atomic mass is 32.2. The van der Waals surface area contributed by atoms with E-state index in [1.54, 1.807) is 29.7 Å². The van der Waals surface area contributed by atoms with E-state index in [1.165, 1.54) is 16.7 Å². The Hall–Kier alpha value is -3.82. The number of H-pyrrole nitrogens is 1. The molecule has 7 nitrogen and oxygen atoms in total. The van der Waals surface area contributed by atoms with Crippen LogP contribution in [0.2, 0.25) is 0 Å². The van der Waals surface area contributed by atoms with E-state index in [0.29, 0.717) is 29.1 Å². The maximum atomic E-state index is 12.9. The lowest BCUT2D eigenvalue weighted by Gasteiger charge is -2.16. The summed E-state index contributed by atoms with van der Waals surface area (Å²) in [7, 11) is 0. The third-order valence-corrected chi connectivity index (χ3v) is 8.36. The summed E-state index contributed by atoms with van der Waals surface area (Å²) in [4.78, 5) is 42.8. The number of fused-ring (bicyclic) bond motifs is 1. The Labute approximate surface area is 241 Å². The van der Waals surface area contributed by atoms with Gasteiger partial charge in [-0.1, -0.05) is 56.2 Å². The fraction of sp³-hybridized carbons (Fsp3) is 0.258. The zero-order valence-corrected chi connectivity index (χ0v) is 23.9. The van der Waals surface area contributed by atoms with Crippen molar-refractivity contribution in [3.63, 3.8) is 0 Å². The highest BCUT2D eigenvalue weighted by Gasteiger charge is 2.20. The number of hydrogen-bond acceptors (Lipinski definition) is 7. The number of hydrogen-bond donors (Lipinski definition) is 2. The molecule has 0 radical (unpaired) electrons. The molecule has 0 saturated heterocycles. The van der Waals surface area contributed by atoms with Gasteiger partial charge in [0.05, 0.1) is 29.6 Å². The lowest BCUT2D eigenvalue weighted by molar-refractivity contribution is 0.0935. The molecule has 0 aliphatic carbocycles. The van der Waals surface area contributed by atoms with Crippen molar-refractivity contribution in [3.05, 3.63) is 95.0 Å². The second-order valence-electron chi connectivity index (χ2n) is 9.45. The van der Waals surface area contributed by atoms with Gasteiger partial charge in [-0.2, -0.15) is 0 Å². The van der Waals surface area contributed by atoms with Gasteiger partial charge in [0.15, 0.2) is 5.78 Å². The van der Waals surface area contributed by atoms with Crippen LogP contribution in [0.5, 0.6) is 0 Å². The summed E-state index contributed by atoms with van der Waals surface area (Å²) in [5, 5.41) is 6.29. The van der Waals surface area contributed by atoms with Crippen LogP contribution in [-0.4, -0.2) is 37.4 Å². The number of Topliss-reactive ketones (excluding diaryl/α,β-unsaturated/α-hetero) is 1. The van der Waals surface area contributed by atoms with Gasteiger partial charge >= 0.3 is 0 Å². The Morgan fingerprint density at radius 3 is 2.70 bits per heavy atom. The van der Waals surface area contributed by atoms with E-state index in [-0.39, 0.29) is 17.7 Å². The normalized spacial score (nSPS) is 11.9. The van der Waals surface area contributed by atoms with E-state index < -0.39 is 0 Å². The number of aromatic amines is 1. The van der Waals surface area contributed by atoms with E-state index >= 15 is 0 Å². The number of thioether (sulfide) groups is 1. The van der Waals surface area contributed by atoms with Crippen molar-refractivity contribution in [3.8, 4) is 11.3 Å². The molecule has 0 fully saturated rings. The number of carbonyl (C=O) groups is 2. The van der Waals surface area contributed by atoms with Crippen LogP contribution in [0.1, 0.15) is 70.9 Å². The molecule has 204 valence electrons. The summed E-state index contributed by atoms with van der Waals surface area (Å²) in [5.74, 6) is 1.56. The van der Waals surface area contributed by atoms with E-state index in [0.717, 1.165) is 46.7 Å². The zero-order chi connectivity index (χ0) is 27.7. The van der Waals surface area contributed by atoms with Gasteiger partial charge in [0.1, 0.15) is 15.7 Å². The van der Waals surface area contributed by atoms with Crippen molar-refractivity contribution >= 4 is 45.6 Å². The maximum Gasteiger partial charge on any atom is 0.263 e. The molecule has 2 N–H and O–H groups in total. The molecule has 40 heavy (non-hydrogen) atoms. The Morgan fingerprint density at radius 1 is 1.00 bits per heavy atom. The molecule has 0 saturated carbocycles. The highest BCUT2D eigenvalue weighted by Crippen LogP contribution is 2.27. The van der Waals surface area contributed by atoms with Crippen LogP contribution in [0.3, 0.4) is 0 Å². The number of ketones is 1. The first-order valence-electron chi connectivity index (χ1n) is 13.5. The van der Waals surface area contributed by atoms with Crippen molar-refractivity contribution < 1.29 is 9.59 Å². The van der Waals surface area contributed by atoms with Crippen LogP contribution in [0.4, 0.5) is 0 Å². The first-order chi connectivity index (χ1) is 19.6. The number of nitrogens with zero attached hydrogens (tertiary/aromatic N) is 3.